The lowest BCUT2D eigenvalue weighted by atomic mass is 10.3. The SMILES string of the molecule is c1cnc2c(c1)ccn2CN1CCOCC1. The second kappa shape index (κ2) is 4.23. The molecule has 2 aromatic rings. The van der Waals surface area contributed by atoms with Gasteiger partial charge in [-0.15, -0.1) is 0 Å². The minimum Gasteiger partial charge on any atom is -0.379 e. The lowest BCUT2D eigenvalue weighted by Gasteiger charge is -2.26. The summed E-state index contributed by atoms with van der Waals surface area (Å²) in [6.07, 6.45) is 3.95. The fraction of sp³-hybridized carbons (Fsp3) is 0.417. The first-order valence-corrected chi connectivity index (χ1v) is 5.63. The molecule has 0 atom stereocenters. The molecule has 0 amide bonds. The Bertz CT molecular complexity index is 474. The van der Waals surface area contributed by atoms with E-state index in [-0.39, 0.29) is 0 Å². The van der Waals surface area contributed by atoms with Crippen LogP contribution in [0.15, 0.2) is 30.6 Å². The van der Waals surface area contributed by atoms with Crippen LogP contribution in [0.25, 0.3) is 11.0 Å². The Kier molecular flexibility index (Phi) is 2.60. The number of fused-ring (bicyclic) bond motifs is 1. The van der Waals surface area contributed by atoms with E-state index in [0.29, 0.717) is 0 Å². The molecule has 0 aromatic carbocycles. The maximum atomic E-state index is 5.34. The number of hydrogen-bond acceptors (Lipinski definition) is 3. The third-order valence-electron chi connectivity index (χ3n) is 2.98. The molecule has 1 aliphatic heterocycles. The van der Waals surface area contributed by atoms with Crippen LogP contribution in [0.3, 0.4) is 0 Å². The number of ether oxygens (including phenoxy) is 1. The Morgan fingerprint density at radius 1 is 1.25 bits per heavy atom. The second-order valence-corrected chi connectivity index (χ2v) is 4.07. The van der Waals surface area contributed by atoms with Crippen molar-refractivity contribution in [3.8, 4) is 0 Å². The van der Waals surface area contributed by atoms with Crippen molar-refractivity contribution in [1.82, 2.24) is 14.5 Å². The molecule has 0 bridgehead atoms. The van der Waals surface area contributed by atoms with Crippen LogP contribution in [0, 0.1) is 0 Å². The van der Waals surface area contributed by atoms with Crippen molar-refractivity contribution in [3.05, 3.63) is 30.6 Å². The molecule has 0 radical (unpaired) electrons. The first kappa shape index (κ1) is 9.81. The molecule has 3 heterocycles. The highest BCUT2D eigenvalue weighted by atomic mass is 16.5. The summed E-state index contributed by atoms with van der Waals surface area (Å²) in [4.78, 5) is 6.80. The number of morpholine rings is 1. The van der Waals surface area contributed by atoms with Crippen molar-refractivity contribution in [2.24, 2.45) is 0 Å². The Hall–Kier alpha value is -1.39. The van der Waals surface area contributed by atoms with E-state index < -0.39 is 0 Å². The first-order chi connectivity index (χ1) is 7.93. The summed E-state index contributed by atoms with van der Waals surface area (Å²) in [7, 11) is 0. The molecular formula is C12H15N3O. The lowest BCUT2D eigenvalue weighted by Crippen LogP contribution is -2.37. The highest BCUT2D eigenvalue weighted by Crippen LogP contribution is 2.13. The van der Waals surface area contributed by atoms with Gasteiger partial charge in [0.15, 0.2) is 0 Å². The summed E-state index contributed by atoms with van der Waals surface area (Å²) in [5.74, 6) is 0. The van der Waals surface area contributed by atoms with Gasteiger partial charge in [0.1, 0.15) is 5.65 Å². The van der Waals surface area contributed by atoms with Gasteiger partial charge in [-0.1, -0.05) is 0 Å². The van der Waals surface area contributed by atoms with Crippen LogP contribution in [0.5, 0.6) is 0 Å². The molecule has 1 saturated heterocycles. The molecule has 16 heavy (non-hydrogen) atoms. The van der Waals surface area contributed by atoms with E-state index in [1.807, 2.05) is 12.3 Å². The zero-order chi connectivity index (χ0) is 10.8. The summed E-state index contributed by atoms with van der Waals surface area (Å²) in [6.45, 7) is 4.60. The Morgan fingerprint density at radius 3 is 3.00 bits per heavy atom. The van der Waals surface area contributed by atoms with E-state index in [0.717, 1.165) is 38.6 Å². The first-order valence-electron chi connectivity index (χ1n) is 5.63. The van der Waals surface area contributed by atoms with E-state index in [2.05, 4.69) is 32.8 Å². The lowest BCUT2D eigenvalue weighted by molar-refractivity contribution is 0.0241. The average Bonchev–Trinajstić information content (AvgIpc) is 2.74. The van der Waals surface area contributed by atoms with Crippen molar-refractivity contribution in [2.75, 3.05) is 26.3 Å². The van der Waals surface area contributed by atoms with Crippen LogP contribution < -0.4 is 0 Å². The van der Waals surface area contributed by atoms with E-state index >= 15 is 0 Å². The summed E-state index contributed by atoms with van der Waals surface area (Å²) >= 11 is 0. The van der Waals surface area contributed by atoms with Gasteiger partial charge in [-0.25, -0.2) is 4.98 Å². The number of nitrogens with zero attached hydrogens (tertiary/aromatic N) is 3. The van der Waals surface area contributed by atoms with E-state index in [1.54, 1.807) is 0 Å². The van der Waals surface area contributed by atoms with Crippen LogP contribution in [-0.2, 0) is 11.4 Å². The van der Waals surface area contributed by atoms with Gasteiger partial charge in [-0.05, 0) is 18.2 Å². The molecule has 1 fully saturated rings. The third-order valence-corrected chi connectivity index (χ3v) is 2.98. The molecule has 4 heteroatoms. The maximum absolute atomic E-state index is 5.34. The summed E-state index contributed by atoms with van der Waals surface area (Å²) in [6, 6.07) is 6.18. The zero-order valence-electron chi connectivity index (χ0n) is 9.17. The van der Waals surface area contributed by atoms with Gasteiger partial charge in [-0.2, -0.15) is 0 Å². The monoisotopic (exact) mass is 217 g/mol. The average molecular weight is 217 g/mol. The van der Waals surface area contributed by atoms with Crippen LogP contribution in [0.2, 0.25) is 0 Å². The van der Waals surface area contributed by atoms with Gasteiger partial charge in [0.05, 0.1) is 19.9 Å². The summed E-state index contributed by atoms with van der Waals surface area (Å²) in [5, 5.41) is 1.20. The van der Waals surface area contributed by atoms with Crippen molar-refractivity contribution in [1.29, 1.82) is 0 Å². The molecule has 0 N–H and O–H groups in total. The molecule has 0 unspecified atom stereocenters. The summed E-state index contributed by atoms with van der Waals surface area (Å²) in [5.41, 5.74) is 1.06. The van der Waals surface area contributed by atoms with Crippen LogP contribution in [-0.4, -0.2) is 40.8 Å². The predicted octanol–water partition coefficient (Wildman–Crippen LogP) is 1.33. The van der Waals surface area contributed by atoms with Gasteiger partial charge >= 0.3 is 0 Å². The Balaban J connectivity index is 1.83. The molecule has 4 nitrogen and oxygen atoms in total. The number of rotatable bonds is 2. The van der Waals surface area contributed by atoms with Crippen LogP contribution in [0.1, 0.15) is 0 Å². The predicted molar refractivity (Wildman–Crippen MR) is 62.1 cm³/mol. The van der Waals surface area contributed by atoms with Crippen molar-refractivity contribution < 1.29 is 4.74 Å². The normalized spacial score (nSPS) is 18.0. The molecule has 3 rings (SSSR count). The third kappa shape index (κ3) is 1.81. The molecule has 1 aliphatic rings. The molecule has 0 saturated carbocycles. The number of aromatic nitrogens is 2. The smallest absolute Gasteiger partial charge is 0.140 e. The number of hydrogen-bond donors (Lipinski definition) is 0. The van der Waals surface area contributed by atoms with Crippen molar-refractivity contribution in [3.63, 3.8) is 0 Å². The van der Waals surface area contributed by atoms with Crippen molar-refractivity contribution in [2.45, 2.75) is 6.67 Å². The van der Waals surface area contributed by atoms with Gasteiger partial charge < -0.3 is 9.30 Å². The Morgan fingerprint density at radius 2 is 2.12 bits per heavy atom. The fourth-order valence-electron chi connectivity index (χ4n) is 2.09. The van der Waals surface area contributed by atoms with Gasteiger partial charge in [0, 0.05) is 30.9 Å². The van der Waals surface area contributed by atoms with Crippen LogP contribution in [0.4, 0.5) is 0 Å². The topological polar surface area (TPSA) is 30.3 Å². The minimum absolute atomic E-state index is 0.840. The highest BCUT2D eigenvalue weighted by Gasteiger charge is 2.11. The van der Waals surface area contributed by atoms with Crippen molar-refractivity contribution >= 4 is 11.0 Å². The van der Waals surface area contributed by atoms with Gasteiger partial charge in [0.2, 0.25) is 0 Å². The molecule has 84 valence electrons. The van der Waals surface area contributed by atoms with E-state index in [9.17, 15) is 0 Å². The standard InChI is InChI=1S/C12H15N3O/c1-2-11-3-5-15(12(11)13-4-1)10-14-6-8-16-9-7-14/h1-5H,6-10H2. The van der Waals surface area contributed by atoms with E-state index in [1.165, 1.54) is 5.39 Å². The summed E-state index contributed by atoms with van der Waals surface area (Å²) < 4.78 is 7.53. The van der Waals surface area contributed by atoms with E-state index in [4.69, 9.17) is 4.74 Å². The maximum Gasteiger partial charge on any atom is 0.140 e. The Labute approximate surface area is 94.4 Å². The molecule has 0 spiro atoms. The minimum atomic E-state index is 0.840. The quantitative estimate of drug-likeness (QED) is 0.760. The van der Waals surface area contributed by atoms with Gasteiger partial charge in [-0.3, -0.25) is 4.90 Å². The molecule has 0 aliphatic carbocycles. The highest BCUT2D eigenvalue weighted by molar-refractivity contribution is 5.75. The van der Waals surface area contributed by atoms with Gasteiger partial charge in [0.25, 0.3) is 0 Å². The molecular weight excluding hydrogens is 202 g/mol. The fourth-order valence-corrected chi connectivity index (χ4v) is 2.09. The second-order valence-electron chi connectivity index (χ2n) is 4.07. The zero-order valence-corrected chi connectivity index (χ0v) is 9.17. The molecule has 2 aromatic heterocycles. The largest absolute Gasteiger partial charge is 0.379 e. The van der Waals surface area contributed by atoms with Crippen LogP contribution >= 0.6 is 0 Å². The number of pyridine rings is 1.